The topological polar surface area (TPSA) is 84.0 Å². The number of benzene rings is 1. The molecule has 2 aromatic rings. The van der Waals surface area contributed by atoms with Crippen LogP contribution in [0.2, 0.25) is 0 Å². The number of ether oxygens (including phenoxy) is 1. The summed E-state index contributed by atoms with van der Waals surface area (Å²) in [5.74, 6) is 0.785. The van der Waals surface area contributed by atoms with Gasteiger partial charge in [-0.25, -0.2) is 4.68 Å². The third-order valence-electron chi connectivity index (χ3n) is 2.64. The van der Waals surface area contributed by atoms with E-state index in [4.69, 9.17) is 10.00 Å². The lowest BCUT2D eigenvalue weighted by molar-refractivity contribution is 0.273. The zero-order chi connectivity index (χ0) is 13.5. The molecule has 19 heavy (non-hydrogen) atoms. The maximum Gasteiger partial charge on any atom is 0.130 e. The molecule has 6 nitrogen and oxygen atoms in total. The minimum absolute atomic E-state index is 0.119. The maximum atomic E-state index is 9.18. The number of nitrogens with zero attached hydrogens (tertiary/aromatic N) is 4. The van der Waals surface area contributed by atoms with E-state index in [0.717, 1.165) is 11.4 Å². The van der Waals surface area contributed by atoms with Gasteiger partial charge in [0.15, 0.2) is 0 Å². The first-order valence-corrected chi connectivity index (χ1v) is 5.92. The predicted molar refractivity (Wildman–Crippen MR) is 67.2 cm³/mol. The largest absolute Gasteiger partial charge is 0.493 e. The number of aliphatic hydroxyl groups excluding tert-OH is 1. The highest BCUT2D eigenvalue weighted by molar-refractivity contribution is 5.21. The predicted octanol–water partition coefficient (Wildman–Crippen LogP) is 0.915. The van der Waals surface area contributed by atoms with Crippen LogP contribution in [0.3, 0.4) is 0 Å². The maximum absolute atomic E-state index is 9.18. The first-order valence-electron chi connectivity index (χ1n) is 5.92. The van der Waals surface area contributed by atoms with Gasteiger partial charge < -0.3 is 9.84 Å². The van der Waals surface area contributed by atoms with Gasteiger partial charge in [-0.3, -0.25) is 0 Å². The number of aliphatic hydroxyl groups is 1. The van der Waals surface area contributed by atoms with Gasteiger partial charge in [-0.1, -0.05) is 23.4 Å². The Morgan fingerprint density at radius 3 is 2.79 bits per heavy atom. The van der Waals surface area contributed by atoms with Crippen molar-refractivity contribution in [3.05, 3.63) is 41.7 Å². The highest BCUT2D eigenvalue weighted by Gasteiger charge is 2.11. The Hall–Kier alpha value is -2.39. The molecule has 2 rings (SSSR count). The number of aromatic nitrogens is 3. The van der Waals surface area contributed by atoms with Gasteiger partial charge >= 0.3 is 0 Å². The molecule has 1 N–H and O–H groups in total. The average molecular weight is 258 g/mol. The fraction of sp³-hybridized carbons (Fsp3) is 0.308. The van der Waals surface area contributed by atoms with Crippen molar-refractivity contribution in [1.29, 1.82) is 5.26 Å². The Morgan fingerprint density at radius 2 is 2.11 bits per heavy atom. The summed E-state index contributed by atoms with van der Waals surface area (Å²) in [7, 11) is 0. The standard InChI is InChI=1S/C13H14N4O2/c14-7-8-17-13(12(10-18)15-16-17)6-9-19-11-4-2-1-3-5-11/h1-5,18H,6,8-10H2. The lowest BCUT2D eigenvalue weighted by Gasteiger charge is -2.07. The molecule has 1 aromatic heterocycles. The smallest absolute Gasteiger partial charge is 0.130 e. The van der Waals surface area contributed by atoms with Gasteiger partial charge in [-0.2, -0.15) is 5.26 Å². The van der Waals surface area contributed by atoms with E-state index in [2.05, 4.69) is 10.3 Å². The van der Waals surface area contributed by atoms with E-state index in [0.29, 0.717) is 18.7 Å². The zero-order valence-corrected chi connectivity index (χ0v) is 10.4. The zero-order valence-electron chi connectivity index (χ0n) is 10.4. The second kappa shape index (κ2) is 6.52. The first kappa shape index (κ1) is 13.1. The van der Waals surface area contributed by atoms with Crippen LogP contribution < -0.4 is 4.74 Å². The molecule has 0 amide bonds. The molecule has 0 aliphatic heterocycles. The summed E-state index contributed by atoms with van der Waals surface area (Å²) in [5.41, 5.74) is 1.23. The molecule has 0 saturated carbocycles. The van der Waals surface area contributed by atoms with E-state index in [1.807, 2.05) is 36.4 Å². The quantitative estimate of drug-likeness (QED) is 0.832. The number of hydrogen-bond acceptors (Lipinski definition) is 5. The van der Waals surface area contributed by atoms with Crippen molar-refractivity contribution in [2.24, 2.45) is 0 Å². The van der Waals surface area contributed by atoms with Crippen LogP contribution >= 0.6 is 0 Å². The van der Waals surface area contributed by atoms with Crippen LogP contribution in [-0.2, 0) is 19.6 Å². The van der Waals surface area contributed by atoms with E-state index in [1.165, 1.54) is 4.68 Å². The van der Waals surface area contributed by atoms with Crippen molar-refractivity contribution in [3.63, 3.8) is 0 Å². The molecule has 0 atom stereocenters. The van der Waals surface area contributed by atoms with Gasteiger partial charge in [-0.15, -0.1) is 5.10 Å². The molecule has 1 heterocycles. The highest BCUT2D eigenvalue weighted by atomic mass is 16.5. The molecule has 0 spiro atoms. The molecule has 0 fully saturated rings. The monoisotopic (exact) mass is 258 g/mol. The molecular weight excluding hydrogens is 244 g/mol. The summed E-state index contributed by atoms with van der Waals surface area (Å²) in [5, 5.41) is 25.5. The summed E-state index contributed by atoms with van der Waals surface area (Å²) in [6.07, 6.45) is 0.541. The van der Waals surface area contributed by atoms with Crippen LogP contribution in [0.5, 0.6) is 5.75 Å². The SMILES string of the molecule is N#CCn1nnc(CO)c1CCOc1ccccc1. The first-order chi connectivity index (χ1) is 9.35. The normalized spacial score (nSPS) is 10.1. The molecule has 98 valence electrons. The highest BCUT2D eigenvalue weighted by Crippen LogP contribution is 2.11. The third kappa shape index (κ3) is 3.30. The third-order valence-corrected chi connectivity index (χ3v) is 2.64. The van der Waals surface area contributed by atoms with Gasteiger partial charge in [0.05, 0.1) is 25.0 Å². The van der Waals surface area contributed by atoms with Crippen molar-refractivity contribution >= 4 is 0 Å². The van der Waals surface area contributed by atoms with Crippen molar-refractivity contribution in [2.45, 2.75) is 19.6 Å². The van der Waals surface area contributed by atoms with E-state index >= 15 is 0 Å². The van der Waals surface area contributed by atoms with Crippen molar-refractivity contribution in [3.8, 4) is 11.8 Å². The van der Waals surface area contributed by atoms with Gasteiger partial charge in [0.25, 0.3) is 0 Å². The van der Waals surface area contributed by atoms with Gasteiger partial charge in [0.2, 0.25) is 0 Å². The minimum Gasteiger partial charge on any atom is -0.493 e. The Labute approximate surface area is 110 Å². The Morgan fingerprint density at radius 1 is 1.32 bits per heavy atom. The molecule has 0 aliphatic rings. The molecular formula is C13H14N4O2. The minimum atomic E-state index is -0.188. The Kier molecular flexibility index (Phi) is 4.48. The van der Waals surface area contributed by atoms with Crippen molar-refractivity contribution in [2.75, 3.05) is 6.61 Å². The van der Waals surface area contributed by atoms with E-state index in [1.54, 1.807) is 0 Å². The molecule has 0 bridgehead atoms. The van der Waals surface area contributed by atoms with Gasteiger partial charge in [0, 0.05) is 6.42 Å². The van der Waals surface area contributed by atoms with Crippen LogP contribution in [0.25, 0.3) is 0 Å². The summed E-state index contributed by atoms with van der Waals surface area (Å²) in [6, 6.07) is 11.5. The molecule has 0 saturated heterocycles. The molecule has 0 radical (unpaired) electrons. The molecule has 0 unspecified atom stereocenters. The fourth-order valence-corrected chi connectivity index (χ4v) is 1.74. The van der Waals surface area contributed by atoms with Gasteiger partial charge in [0.1, 0.15) is 18.0 Å². The number of nitriles is 1. The Bertz CT molecular complexity index is 560. The lowest BCUT2D eigenvalue weighted by Crippen LogP contribution is -2.10. The molecule has 6 heteroatoms. The average Bonchev–Trinajstić information content (AvgIpc) is 2.83. The van der Waals surface area contributed by atoms with Crippen LogP contribution in [0, 0.1) is 11.3 Å². The summed E-state index contributed by atoms with van der Waals surface area (Å²) < 4.78 is 7.06. The van der Waals surface area contributed by atoms with Crippen LogP contribution in [0.4, 0.5) is 0 Å². The second-order valence-electron chi connectivity index (χ2n) is 3.87. The van der Waals surface area contributed by atoms with Crippen molar-refractivity contribution in [1.82, 2.24) is 15.0 Å². The van der Waals surface area contributed by atoms with Gasteiger partial charge in [-0.05, 0) is 12.1 Å². The van der Waals surface area contributed by atoms with E-state index < -0.39 is 0 Å². The number of hydrogen-bond donors (Lipinski definition) is 1. The van der Waals surface area contributed by atoms with Crippen LogP contribution in [0.15, 0.2) is 30.3 Å². The van der Waals surface area contributed by atoms with E-state index in [-0.39, 0.29) is 13.2 Å². The molecule has 0 aliphatic carbocycles. The Balaban J connectivity index is 1.99. The fourth-order valence-electron chi connectivity index (χ4n) is 1.74. The van der Waals surface area contributed by atoms with Crippen LogP contribution in [-0.4, -0.2) is 26.7 Å². The molecule has 1 aromatic carbocycles. The summed E-state index contributed by atoms with van der Waals surface area (Å²) in [6.45, 7) is 0.371. The van der Waals surface area contributed by atoms with Crippen LogP contribution in [0.1, 0.15) is 11.4 Å². The lowest BCUT2D eigenvalue weighted by atomic mass is 10.2. The summed E-state index contributed by atoms with van der Waals surface area (Å²) in [4.78, 5) is 0. The van der Waals surface area contributed by atoms with Crippen molar-refractivity contribution < 1.29 is 9.84 Å². The number of para-hydroxylation sites is 1. The summed E-state index contributed by atoms with van der Waals surface area (Å²) >= 11 is 0. The van der Waals surface area contributed by atoms with E-state index in [9.17, 15) is 5.11 Å². The number of rotatable bonds is 6. The second-order valence-corrected chi connectivity index (χ2v) is 3.87.